The molecule has 0 saturated carbocycles. The molecular weight excluding hydrogens is 368 g/mol. The van der Waals surface area contributed by atoms with Gasteiger partial charge in [-0.25, -0.2) is 0 Å². The maximum Gasteiger partial charge on any atom is 0.406 e. The number of benzene rings is 1. The predicted molar refractivity (Wildman–Crippen MR) is 82.7 cm³/mol. The van der Waals surface area contributed by atoms with E-state index in [0.717, 1.165) is 10.0 Å². The van der Waals surface area contributed by atoms with Gasteiger partial charge in [0.25, 0.3) is 5.89 Å². The van der Waals surface area contributed by atoms with Gasteiger partial charge in [0.1, 0.15) is 6.20 Å². The van der Waals surface area contributed by atoms with Crippen molar-refractivity contribution in [3.63, 3.8) is 0 Å². The van der Waals surface area contributed by atoms with Gasteiger partial charge in [0, 0.05) is 10.0 Å². The van der Waals surface area contributed by atoms with E-state index in [0.29, 0.717) is 5.82 Å². The molecule has 23 heavy (non-hydrogen) atoms. The topological polar surface area (TPSA) is 104 Å². The summed E-state index contributed by atoms with van der Waals surface area (Å²) in [7, 11) is 0. The van der Waals surface area contributed by atoms with Crippen molar-refractivity contribution in [3.05, 3.63) is 63.1 Å². The van der Waals surface area contributed by atoms with Gasteiger partial charge in [-0.15, -0.1) is 0 Å². The van der Waals surface area contributed by atoms with E-state index in [4.69, 9.17) is 9.26 Å². The molecule has 0 unspecified atom stereocenters. The quantitative estimate of drug-likeness (QED) is 0.496. The van der Waals surface area contributed by atoms with Gasteiger partial charge < -0.3 is 19.4 Å². The highest BCUT2D eigenvalue weighted by Gasteiger charge is 2.17. The van der Waals surface area contributed by atoms with Crippen LogP contribution in [-0.4, -0.2) is 20.0 Å². The molecule has 0 aliphatic rings. The van der Waals surface area contributed by atoms with Crippen LogP contribution in [0.1, 0.15) is 5.89 Å². The van der Waals surface area contributed by atoms with Gasteiger partial charge in [-0.3, -0.25) is 0 Å². The molecular formula is C14H9BrN4O4. The van der Waals surface area contributed by atoms with E-state index < -0.39 is 4.92 Å². The van der Waals surface area contributed by atoms with E-state index in [9.17, 15) is 10.1 Å². The van der Waals surface area contributed by atoms with Crippen LogP contribution in [0.3, 0.4) is 0 Å². The second-order valence-corrected chi connectivity index (χ2v) is 5.31. The molecule has 3 aromatic rings. The molecule has 2 heterocycles. The highest BCUT2D eigenvalue weighted by Crippen LogP contribution is 2.24. The smallest absolute Gasteiger partial charge is 0.406 e. The molecule has 0 amide bonds. The number of halogens is 1. The summed E-state index contributed by atoms with van der Waals surface area (Å²) in [4.78, 5) is 18.1. The number of hydrogen-bond donors (Lipinski definition) is 0. The zero-order valence-electron chi connectivity index (χ0n) is 11.5. The van der Waals surface area contributed by atoms with Crippen molar-refractivity contribution < 1.29 is 14.2 Å². The largest absolute Gasteiger partial charge is 0.476 e. The maximum absolute atomic E-state index is 10.9. The van der Waals surface area contributed by atoms with Crippen LogP contribution in [0.4, 0.5) is 5.82 Å². The minimum Gasteiger partial charge on any atom is -0.476 e. The summed E-state index contributed by atoms with van der Waals surface area (Å²) in [5, 5.41) is 14.7. The molecule has 0 radical (unpaired) electrons. The van der Waals surface area contributed by atoms with Crippen LogP contribution >= 0.6 is 15.9 Å². The number of aromatic nitrogens is 3. The van der Waals surface area contributed by atoms with Gasteiger partial charge in [0.05, 0.1) is 0 Å². The molecule has 3 rings (SSSR count). The Labute approximate surface area is 138 Å². The number of nitro groups is 1. The summed E-state index contributed by atoms with van der Waals surface area (Å²) in [6.45, 7) is -0.0897. The first-order valence-electron chi connectivity index (χ1n) is 6.44. The summed E-state index contributed by atoms with van der Waals surface area (Å²) in [5.74, 6) is 0.294. The monoisotopic (exact) mass is 376 g/mol. The summed E-state index contributed by atoms with van der Waals surface area (Å²) < 4.78 is 11.3. The van der Waals surface area contributed by atoms with Gasteiger partial charge in [0.15, 0.2) is 6.61 Å². The lowest BCUT2D eigenvalue weighted by atomic mass is 10.2. The maximum atomic E-state index is 10.9. The number of rotatable bonds is 5. The number of pyridine rings is 1. The lowest BCUT2D eigenvalue weighted by Crippen LogP contribution is -2.00. The van der Waals surface area contributed by atoms with Crippen molar-refractivity contribution in [2.45, 2.75) is 6.61 Å². The van der Waals surface area contributed by atoms with Gasteiger partial charge >= 0.3 is 5.82 Å². The molecule has 0 fully saturated rings. The van der Waals surface area contributed by atoms with E-state index in [2.05, 4.69) is 31.1 Å². The average Bonchev–Trinajstić information content (AvgIpc) is 3.02. The van der Waals surface area contributed by atoms with Gasteiger partial charge in [-0.1, -0.05) is 33.2 Å². The Hall–Kier alpha value is -2.81. The van der Waals surface area contributed by atoms with Crippen LogP contribution < -0.4 is 4.74 Å². The number of hydrogen-bond acceptors (Lipinski definition) is 7. The molecule has 0 atom stereocenters. The van der Waals surface area contributed by atoms with Gasteiger partial charge in [-0.05, 0) is 34.2 Å². The molecule has 0 spiro atoms. The Kier molecular flexibility index (Phi) is 4.29. The second-order valence-electron chi connectivity index (χ2n) is 4.39. The van der Waals surface area contributed by atoms with Crippen LogP contribution in [0.25, 0.3) is 11.4 Å². The molecule has 0 saturated heterocycles. The Morgan fingerprint density at radius 3 is 2.96 bits per heavy atom. The van der Waals surface area contributed by atoms with Crippen LogP contribution in [0.5, 0.6) is 5.75 Å². The summed E-state index contributed by atoms with van der Waals surface area (Å²) in [5.41, 5.74) is 0.779. The zero-order valence-corrected chi connectivity index (χ0v) is 13.1. The Bertz CT molecular complexity index is 852. The average molecular weight is 377 g/mol. The first kappa shape index (κ1) is 15.1. The zero-order chi connectivity index (χ0) is 16.2. The first-order valence-corrected chi connectivity index (χ1v) is 7.23. The van der Waals surface area contributed by atoms with Crippen LogP contribution in [0.15, 0.2) is 51.6 Å². The molecule has 0 bridgehead atoms. The standard InChI is InChI=1S/C14H9BrN4O4/c15-10-4-1-3-9(7-10)13-17-12(23-18-13)8-22-11-5-2-6-16-14(11)19(20)21/h1-7H,8H2. The highest BCUT2D eigenvalue weighted by atomic mass is 79.9. The van der Waals surface area contributed by atoms with Crippen molar-refractivity contribution in [1.82, 2.24) is 15.1 Å². The van der Waals surface area contributed by atoms with E-state index in [1.807, 2.05) is 24.3 Å². The third kappa shape index (κ3) is 3.51. The van der Waals surface area contributed by atoms with Crippen LogP contribution in [0.2, 0.25) is 0 Å². The molecule has 2 aromatic heterocycles. The minimum atomic E-state index is -0.615. The molecule has 0 aliphatic carbocycles. The van der Waals surface area contributed by atoms with E-state index in [1.54, 1.807) is 6.07 Å². The van der Waals surface area contributed by atoms with Crippen molar-refractivity contribution in [2.24, 2.45) is 0 Å². The molecule has 1 aromatic carbocycles. The van der Waals surface area contributed by atoms with E-state index in [1.165, 1.54) is 12.3 Å². The Morgan fingerprint density at radius 1 is 1.30 bits per heavy atom. The fourth-order valence-corrected chi connectivity index (χ4v) is 2.23. The fraction of sp³-hybridized carbons (Fsp3) is 0.0714. The lowest BCUT2D eigenvalue weighted by molar-refractivity contribution is -0.390. The molecule has 8 nitrogen and oxygen atoms in total. The predicted octanol–water partition coefficient (Wildman–Crippen LogP) is 3.38. The van der Waals surface area contributed by atoms with Gasteiger partial charge in [-0.2, -0.15) is 4.98 Å². The second kappa shape index (κ2) is 6.53. The molecule has 116 valence electrons. The van der Waals surface area contributed by atoms with Crippen molar-refractivity contribution in [2.75, 3.05) is 0 Å². The van der Waals surface area contributed by atoms with Crippen LogP contribution in [0, 0.1) is 10.1 Å². The summed E-state index contributed by atoms with van der Waals surface area (Å²) in [6, 6.07) is 10.4. The van der Waals surface area contributed by atoms with E-state index >= 15 is 0 Å². The third-order valence-corrected chi connectivity index (χ3v) is 3.32. The number of ether oxygens (including phenoxy) is 1. The highest BCUT2D eigenvalue weighted by molar-refractivity contribution is 9.10. The fourth-order valence-electron chi connectivity index (χ4n) is 1.83. The third-order valence-electron chi connectivity index (χ3n) is 2.83. The SMILES string of the molecule is O=[N+]([O-])c1ncccc1OCc1nc(-c2cccc(Br)c2)no1. The number of nitrogens with zero attached hydrogens (tertiary/aromatic N) is 4. The minimum absolute atomic E-state index is 0.0414. The van der Waals surface area contributed by atoms with Crippen LogP contribution in [-0.2, 0) is 6.61 Å². The molecule has 9 heteroatoms. The Balaban J connectivity index is 1.74. The Morgan fingerprint density at radius 2 is 2.17 bits per heavy atom. The first-order chi connectivity index (χ1) is 11.1. The van der Waals surface area contributed by atoms with E-state index in [-0.39, 0.29) is 24.1 Å². The summed E-state index contributed by atoms with van der Waals surface area (Å²) >= 11 is 3.37. The molecule has 0 N–H and O–H groups in total. The van der Waals surface area contributed by atoms with Crippen molar-refractivity contribution in [3.8, 4) is 17.1 Å². The lowest BCUT2D eigenvalue weighted by Gasteiger charge is -2.02. The van der Waals surface area contributed by atoms with Gasteiger partial charge in [0.2, 0.25) is 11.6 Å². The summed E-state index contributed by atoms with van der Waals surface area (Å²) in [6.07, 6.45) is 1.32. The molecule has 0 aliphatic heterocycles. The normalized spacial score (nSPS) is 10.5. The van der Waals surface area contributed by atoms with Crippen molar-refractivity contribution >= 4 is 21.7 Å². The van der Waals surface area contributed by atoms with Crippen molar-refractivity contribution in [1.29, 1.82) is 0 Å².